The van der Waals surface area contributed by atoms with E-state index in [1.54, 1.807) is 0 Å². The second-order valence-electron chi connectivity index (χ2n) is 20.1. The molecule has 0 unspecified atom stereocenters. The lowest BCUT2D eigenvalue weighted by atomic mass is 9.96. The number of nitrogens with zero attached hydrogens (tertiary/aromatic N) is 5. The van der Waals surface area contributed by atoms with Crippen LogP contribution in [-0.4, -0.2) is 23.7 Å². The Bertz CT molecular complexity index is 5020. The molecule has 0 atom stereocenters. The number of rotatable bonds is 7. The summed E-state index contributed by atoms with van der Waals surface area (Å²) in [5, 5.41) is 9.50. The summed E-state index contributed by atoms with van der Waals surface area (Å²) in [5.41, 5.74) is 19.7. The van der Waals surface area contributed by atoms with E-state index in [0.717, 1.165) is 88.7 Å². The van der Waals surface area contributed by atoms with E-state index in [1.165, 1.54) is 60.3 Å². The highest BCUT2D eigenvalue weighted by molar-refractivity contribution is 6.29. The number of fused-ring (bicyclic) bond motifs is 12. The normalized spacial score (nSPS) is 11.9. The monoisotopic (exact) mass is 979 g/mol. The first-order valence-electron chi connectivity index (χ1n) is 26.3. The molecule has 0 aliphatic heterocycles. The van der Waals surface area contributed by atoms with Crippen molar-refractivity contribution < 1.29 is 0 Å². The van der Waals surface area contributed by atoms with Gasteiger partial charge in [0, 0.05) is 49.3 Å². The van der Waals surface area contributed by atoms with Crippen LogP contribution in [0.15, 0.2) is 273 Å². The fourth-order valence-electron chi connectivity index (χ4n) is 12.4. The second-order valence-corrected chi connectivity index (χ2v) is 20.1. The molecule has 4 heterocycles. The minimum absolute atomic E-state index is 0.803. The van der Waals surface area contributed by atoms with E-state index in [-0.39, 0.29) is 0 Å². The van der Waals surface area contributed by atoms with E-state index < -0.39 is 0 Å². The zero-order valence-electron chi connectivity index (χ0n) is 41.7. The molecule has 0 bridgehead atoms. The largest absolute Gasteiger partial charge is 0.309 e. The molecule has 16 rings (SSSR count). The maximum absolute atomic E-state index is 5.48. The Labute approximate surface area is 443 Å². The Morgan fingerprint density at radius 1 is 0.247 bits per heavy atom. The molecule has 0 saturated carbocycles. The first-order chi connectivity index (χ1) is 38.2. The fraction of sp³-hybridized carbons (Fsp3) is 0. The molecule has 77 heavy (non-hydrogen) atoms. The first-order valence-corrected chi connectivity index (χ1v) is 26.3. The van der Waals surface area contributed by atoms with Gasteiger partial charge in [0.15, 0.2) is 5.82 Å². The third-order valence-electron chi connectivity index (χ3n) is 15.8. The maximum atomic E-state index is 5.48. The third-order valence-corrected chi connectivity index (χ3v) is 15.8. The summed E-state index contributed by atoms with van der Waals surface area (Å²) in [6, 6.07) is 98.8. The zero-order valence-corrected chi connectivity index (χ0v) is 41.7. The highest BCUT2D eigenvalue weighted by atomic mass is 15.1. The molecule has 0 spiro atoms. The second kappa shape index (κ2) is 17.1. The van der Waals surface area contributed by atoms with Crippen molar-refractivity contribution in [3.05, 3.63) is 273 Å². The molecule has 0 radical (unpaired) electrons. The lowest BCUT2D eigenvalue weighted by Crippen LogP contribution is -2.04. The smallest absolute Gasteiger partial charge is 0.165 e. The number of benzene rings is 12. The van der Waals surface area contributed by atoms with Crippen LogP contribution in [0.4, 0.5) is 0 Å². The summed E-state index contributed by atoms with van der Waals surface area (Å²) < 4.78 is 7.27. The molecule has 0 saturated heterocycles. The van der Waals surface area contributed by atoms with E-state index in [0.29, 0.717) is 0 Å². The molecule has 0 N–H and O–H groups in total. The minimum atomic E-state index is 0.803. The fourth-order valence-corrected chi connectivity index (χ4v) is 12.4. The molecule has 5 nitrogen and oxygen atoms in total. The standard InChI is InChI=1S/C72H45N5/c1-3-18-46(19-4-1)48-34-36-49(37-35-48)52-42-51(47-20-5-2-6-21-47)43-54(44-52)76-65-33-16-11-27-59(65)70-68(76)41-40-67-69(70)58-26-10-15-32-64(58)75(67)53-38-39-66-60(45-53)56-25-9-14-31-63(56)77(66)72-71(73-61-29-12-13-30-62(61)74-72)57-28-17-23-50-22-7-8-24-55(50)57/h1-45H. The van der Waals surface area contributed by atoms with Crippen LogP contribution in [0, 0.1) is 0 Å². The molecule has 358 valence electrons. The van der Waals surface area contributed by atoms with Gasteiger partial charge >= 0.3 is 0 Å². The number of hydrogen-bond acceptors (Lipinski definition) is 2. The van der Waals surface area contributed by atoms with Crippen LogP contribution in [0.3, 0.4) is 0 Å². The van der Waals surface area contributed by atoms with Crippen LogP contribution in [0.2, 0.25) is 0 Å². The average molecular weight is 980 g/mol. The van der Waals surface area contributed by atoms with E-state index >= 15 is 0 Å². The molecule has 4 aromatic heterocycles. The van der Waals surface area contributed by atoms with E-state index in [2.05, 4.69) is 275 Å². The average Bonchev–Trinajstić information content (AvgIpc) is 4.35. The predicted molar refractivity (Wildman–Crippen MR) is 322 cm³/mol. The van der Waals surface area contributed by atoms with Gasteiger partial charge in [0.25, 0.3) is 0 Å². The van der Waals surface area contributed by atoms with Crippen molar-refractivity contribution in [1.29, 1.82) is 0 Å². The number of para-hydroxylation sites is 5. The third kappa shape index (κ3) is 6.74. The van der Waals surface area contributed by atoms with Gasteiger partial charge in [-0.3, -0.25) is 4.57 Å². The lowest BCUT2D eigenvalue weighted by molar-refractivity contribution is 1.08. The molecule has 16 aromatic rings. The summed E-state index contributed by atoms with van der Waals surface area (Å²) in [6.07, 6.45) is 0. The zero-order chi connectivity index (χ0) is 50.6. The van der Waals surface area contributed by atoms with Gasteiger partial charge in [0.05, 0.1) is 44.1 Å². The quantitative estimate of drug-likeness (QED) is 0.160. The Morgan fingerprint density at radius 2 is 0.701 bits per heavy atom. The van der Waals surface area contributed by atoms with Gasteiger partial charge in [-0.1, -0.05) is 194 Å². The Kier molecular flexibility index (Phi) is 9.57. The van der Waals surface area contributed by atoms with Crippen LogP contribution in [0.25, 0.3) is 149 Å². The van der Waals surface area contributed by atoms with Gasteiger partial charge in [-0.2, -0.15) is 0 Å². The predicted octanol–water partition coefficient (Wildman–Crippen LogP) is 18.7. The first kappa shape index (κ1) is 43.1. The van der Waals surface area contributed by atoms with Crippen LogP contribution in [0.5, 0.6) is 0 Å². The summed E-state index contributed by atoms with van der Waals surface area (Å²) in [4.78, 5) is 10.9. The number of hydrogen-bond donors (Lipinski definition) is 0. The molecule has 0 amide bonds. The molecular weight excluding hydrogens is 935 g/mol. The molecule has 5 heteroatoms. The molecule has 0 aliphatic rings. The van der Waals surface area contributed by atoms with Gasteiger partial charge < -0.3 is 9.13 Å². The van der Waals surface area contributed by atoms with Gasteiger partial charge in [-0.05, 0) is 123 Å². The van der Waals surface area contributed by atoms with E-state index in [1.807, 2.05) is 12.1 Å². The Balaban J connectivity index is 0.909. The van der Waals surface area contributed by atoms with Gasteiger partial charge in [-0.15, -0.1) is 0 Å². The van der Waals surface area contributed by atoms with Crippen molar-refractivity contribution in [2.24, 2.45) is 0 Å². The van der Waals surface area contributed by atoms with Crippen LogP contribution >= 0.6 is 0 Å². The minimum Gasteiger partial charge on any atom is -0.309 e. The SMILES string of the molecule is c1ccc(-c2ccc(-c3cc(-c4ccccc4)cc(-n4c5ccccc5c5c6c7ccccc7n(-c7ccc8c(c7)c7ccccc7n8-c7nc8ccccc8nc7-c7cccc8ccccc78)c6ccc54)c3)cc2)cc1. The van der Waals surface area contributed by atoms with E-state index in [4.69, 9.17) is 9.97 Å². The van der Waals surface area contributed by atoms with Crippen molar-refractivity contribution in [2.75, 3.05) is 0 Å². The van der Waals surface area contributed by atoms with Crippen LogP contribution in [-0.2, 0) is 0 Å². The summed E-state index contributed by atoms with van der Waals surface area (Å²) in [5.74, 6) is 0.803. The van der Waals surface area contributed by atoms with Crippen molar-refractivity contribution in [3.8, 4) is 61.8 Å². The van der Waals surface area contributed by atoms with Crippen molar-refractivity contribution in [1.82, 2.24) is 23.7 Å². The summed E-state index contributed by atoms with van der Waals surface area (Å²) in [6.45, 7) is 0. The summed E-state index contributed by atoms with van der Waals surface area (Å²) >= 11 is 0. The maximum Gasteiger partial charge on any atom is 0.165 e. The van der Waals surface area contributed by atoms with Crippen LogP contribution < -0.4 is 0 Å². The highest BCUT2D eigenvalue weighted by Gasteiger charge is 2.24. The van der Waals surface area contributed by atoms with Gasteiger partial charge in [0.2, 0.25) is 0 Å². The Morgan fingerprint density at radius 3 is 1.35 bits per heavy atom. The molecule has 0 aliphatic carbocycles. The van der Waals surface area contributed by atoms with E-state index in [9.17, 15) is 0 Å². The van der Waals surface area contributed by atoms with Crippen molar-refractivity contribution in [3.63, 3.8) is 0 Å². The van der Waals surface area contributed by atoms with Crippen LogP contribution in [0.1, 0.15) is 0 Å². The van der Waals surface area contributed by atoms with Crippen molar-refractivity contribution >= 4 is 87.2 Å². The topological polar surface area (TPSA) is 40.6 Å². The van der Waals surface area contributed by atoms with Crippen molar-refractivity contribution in [2.45, 2.75) is 0 Å². The molecule has 12 aromatic carbocycles. The number of aromatic nitrogens is 5. The molecule has 0 fully saturated rings. The molecular formula is C72H45N5. The highest BCUT2D eigenvalue weighted by Crippen LogP contribution is 2.45. The lowest BCUT2D eigenvalue weighted by Gasteiger charge is -2.15. The van der Waals surface area contributed by atoms with Gasteiger partial charge in [0.1, 0.15) is 5.69 Å². The Hall–Kier alpha value is -10.4. The summed E-state index contributed by atoms with van der Waals surface area (Å²) in [7, 11) is 0. The van der Waals surface area contributed by atoms with Gasteiger partial charge in [-0.25, -0.2) is 9.97 Å².